The van der Waals surface area contributed by atoms with Crippen LogP contribution in [-0.2, 0) is 14.6 Å². The van der Waals surface area contributed by atoms with Crippen LogP contribution in [0.15, 0.2) is 0 Å². The van der Waals surface area contributed by atoms with Gasteiger partial charge in [-0.2, -0.15) is 0 Å². The highest BCUT2D eigenvalue weighted by molar-refractivity contribution is 7.91. The second-order valence-electron chi connectivity index (χ2n) is 3.79. The molecule has 1 unspecified atom stereocenters. The Balaban J connectivity index is 2.65. The Morgan fingerprint density at radius 1 is 1.50 bits per heavy atom. The van der Waals surface area contributed by atoms with Crippen molar-refractivity contribution in [2.24, 2.45) is 0 Å². The van der Waals surface area contributed by atoms with Crippen molar-refractivity contribution in [3.8, 4) is 0 Å². The van der Waals surface area contributed by atoms with E-state index in [0.29, 0.717) is 25.9 Å². The largest absolute Gasteiger partial charge is 0.341 e. The zero-order valence-electron chi connectivity index (χ0n) is 8.69. The molecule has 1 aliphatic rings. The van der Waals surface area contributed by atoms with Crippen LogP contribution in [0, 0.1) is 0 Å². The van der Waals surface area contributed by atoms with E-state index in [-0.39, 0.29) is 11.2 Å². The van der Waals surface area contributed by atoms with Crippen molar-refractivity contribution in [2.45, 2.75) is 31.4 Å². The number of hydrogen-bond donors (Lipinski definition) is 0. The molecule has 0 aromatic rings. The molecule has 0 spiro atoms. The first-order chi connectivity index (χ1) is 6.45. The minimum atomic E-state index is -2.99. The van der Waals surface area contributed by atoms with Crippen molar-refractivity contribution in [2.75, 3.05) is 19.3 Å². The Labute approximate surface area is 85.2 Å². The van der Waals surface area contributed by atoms with E-state index in [2.05, 4.69) is 0 Å². The van der Waals surface area contributed by atoms with E-state index in [1.54, 1.807) is 11.8 Å². The van der Waals surface area contributed by atoms with Crippen LogP contribution in [0.2, 0.25) is 0 Å². The number of nitrogens with zero attached hydrogens (tertiary/aromatic N) is 1. The van der Waals surface area contributed by atoms with Crippen LogP contribution >= 0.6 is 0 Å². The van der Waals surface area contributed by atoms with Crippen LogP contribution in [0.25, 0.3) is 0 Å². The van der Waals surface area contributed by atoms with Gasteiger partial charge in [-0.05, 0) is 12.8 Å². The number of rotatable bonds is 2. The summed E-state index contributed by atoms with van der Waals surface area (Å²) in [7, 11) is -2.99. The molecule has 1 aliphatic heterocycles. The standard InChI is InChI=1S/C9H17NO3S/c1-3-9(11)10-6-4-5-8(7-10)14(2,12)13/h8H,3-7H2,1-2H3. The number of piperidine rings is 1. The predicted octanol–water partition coefficient (Wildman–Crippen LogP) is 0.432. The van der Waals surface area contributed by atoms with Gasteiger partial charge in [0, 0.05) is 25.8 Å². The molecule has 1 heterocycles. The third kappa shape index (κ3) is 2.70. The predicted molar refractivity (Wildman–Crippen MR) is 54.7 cm³/mol. The summed E-state index contributed by atoms with van der Waals surface area (Å²) in [6, 6.07) is 0. The average Bonchev–Trinajstić information content (AvgIpc) is 2.15. The van der Waals surface area contributed by atoms with E-state index in [1.165, 1.54) is 6.26 Å². The molecule has 1 saturated heterocycles. The van der Waals surface area contributed by atoms with E-state index in [9.17, 15) is 13.2 Å². The number of amides is 1. The molecule has 0 N–H and O–H groups in total. The Morgan fingerprint density at radius 2 is 2.14 bits per heavy atom. The summed E-state index contributed by atoms with van der Waals surface area (Å²) in [5.74, 6) is 0.0540. The van der Waals surface area contributed by atoms with E-state index >= 15 is 0 Å². The van der Waals surface area contributed by atoms with E-state index < -0.39 is 9.84 Å². The molecule has 14 heavy (non-hydrogen) atoms. The van der Waals surface area contributed by atoms with Crippen LogP contribution in [-0.4, -0.2) is 43.8 Å². The van der Waals surface area contributed by atoms with Gasteiger partial charge < -0.3 is 4.90 Å². The fourth-order valence-electron chi connectivity index (χ4n) is 1.74. The molecule has 82 valence electrons. The first-order valence-electron chi connectivity index (χ1n) is 4.91. The van der Waals surface area contributed by atoms with Gasteiger partial charge in [0.1, 0.15) is 0 Å². The fourth-order valence-corrected chi connectivity index (χ4v) is 2.78. The number of sulfone groups is 1. The fraction of sp³-hybridized carbons (Fsp3) is 0.889. The van der Waals surface area contributed by atoms with Crippen molar-refractivity contribution in [1.82, 2.24) is 4.90 Å². The SMILES string of the molecule is CCC(=O)N1CCCC(S(C)(=O)=O)C1. The Bertz CT molecular complexity index is 310. The van der Waals surface area contributed by atoms with Gasteiger partial charge in [0.05, 0.1) is 5.25 Å². The second-order valence-corrected chi connectivity index (χ2v) is 6.11. The first-order valence-corrected chi connectivity index (χ1v) is 6.87. The van der Waals surface area contributed by atoms with Crippen molar-refractivity contribution in [1.29, 1.82) is 0 Å². The monoisotopic (exact) mass is 219 g/mol. The van der Waals surface area contributed by atoms with Crippen LogP contribution in [0.3, 0.4) is 0 Å². The highest BCUT2D eigenvalue weighted by Crippen LogP contribution is 2.16. The molecule has 1 rings (SSSR count). The second kappa shape index (κ2) is 4.29. The molecular formula is C9H17NO3S. The lowest BCUT2D eigenvalue weighted by Crippen LogP contribution is -2.44. The summed E-state index contributed by atoms with van der Waals surface area (Å²) in [5, 5.41) is -0.355. The lowest BCUT2D eigenvalue weighted by atomic mass is 10.1. The van der Waals surface area contributed by atoms with Crippen molar-refractivity contribution >= 4 is 15.7 Å². The summed E-state index contributed by atoms with van der Waals surface area (Å²) in [6.07, 6.45) is 3.18. The molecule has 0 bridgehead atoms. The third-order valence-corrected chi connectivity index (χ3v) is 4.23. The third-order valence-electron chi connectivity index (χ3n) is 2.64. The van der Waals surface area contributed by atoms with Gasteiger partial charge in [-0.1, -0.05) is 6.92 Å². The molecule has 0 radical (unpaired) electrons. The number of carbonyl (C=O) groups excluding carboxylic acids is 1. The number of carbonyl (C=O) groups is 1. The first kappa shape index (κ1) is 11.5. The van der Waals surface area contributed by atoms with E-state index in [0.717, 1.165) is 6.42 Å². The van der Waals surface area contributed by atoms with E-state index in [1.807, 2.05) is 0 Å². The molecule has 1 amide bonds. The van der Waals surface area contributed by atoms with Gasteiger partial charge in [-0.15, -0.1) is 0 Å². The molecule has 1 fully saturated rings. The molecule has 4 nitrogen and oxygen atoms in total. The van der Waals surface area contributed by atoms with Crippen molar-refractivity contribution in [3.63, 3.8) is 0 Å². The maximum absolute atomic E-state index is 11.4. The van der Waals surface area contributed by atoms with Crippen LogP contribution < -0.4 is 0 Å². The van der Waals surface area contributed by atoms with Gasteiger partial charge in [-0.25, -0.2) is 8.42 Å². The van der Waals surface area contributed by atoms with Crippen LogP contribution in [0.4, 0.5) is 0 Å². The topological polar surface area (TPSA) is 54.5 Å². The maximum Gasteiger partial charge on any atom is 0.222 e. The minimum absolute atomic E-state index is 0.0540. The lowest BCUT2D eigenvalue weighted by molar-refractivity contribution is -0.131. The molecule has 0 aromatic heterocycles. The molecule has 1 atom stereocenters. The van der Waals surface area contributed by atoms with Gasteiger partial charge in [-0.3, -0.25) is 4.79 Å². The molecule has 0 saturated carbocycles. The number of likely N-dealkylation sites (tertiary alicyclic amines) is 1. The molecule has 0 aromatic carbocycles. The lowest BCUT2D eigenvalue weighted by Gasteiger charge is -2.31. The molecular weight excluding hydrogens is 202 g/mol. The summed E-state index contributed by atoms with van der Waals surface area (Å²) in [4.78, 5) is 13.0. The summed E-state index contributed by atoms with van der Waals surface area (Å²) in [6.45, 7) is 2.89. The zero-order chi connectivity index (χ0) is 10.8. The highest BCUT2D eigenvalue weighted by atomic mass is 32.2. The normalized spacial score (nSPS) is 23.6. The maximum atomic E-state index is 11.4. The van der Waals surface area contributed by atoms with Crippen LogP contribution in [0.1, 0.15) is 26.2 Å². The van der Waals surface area contributed by atoms with Crippen molar-refractivity contribution in [3.05, 3.63) is 0 Å². The highest BCUT2D eigenvalue weighted by Gasteiger charge is 2.28. The van der Waals surface area contributed by atoms with Gasteiger partial charge >= 0.3 is 0 Å². The Morgan fingerprint density at radius 3 is 2.64 bits per heavy atom. The average molecular weight is 219 g/mol. The van der Waals surface area contributed by atoms with Gasteiger partial charge in [0.2, 0.25) is 5.91 Å². The smallest absolute Gasteiger partial charge is 0.222 e. The van der Waals surface area contributed by atoms with E-state index in [4.69, 9.17) is 0 Å². The number of hydrogen-bond acceptors (Lipinski definition) is 3. The van der Waals surface area contributed by atoms with Crippen molar-refractivity contribution < 1.29 is 13.2 Å². The Kier molecular flexibility index (Phi) is 3.53. The van der Waals surface area contributed by atoms with Crippen LogP contribution in [0.5, 0.6) is 0 Å². The van der Waals surface area contributed by atoms with Gasteiger partial charge in [0.25, 0.3) is 0 Å². The summed E-state index contributed by atoms with van der Waals surface area (Å²) in [5.41, 5.74) is 0. The van der Waals surface area contributed by atoms with Gasteiger partial charge in [0.15, 0.2) is 9.84 Å². The quantitative estimate of drug-likeness (QED) is 0.677. The molecule has 5 heteroatoms. The minimum Gasteiger partial charge on any atom is -0.341 e. The zero-order valence-corrected chi connectivity index (χ0v) is 9.51. The summed E-state index contributed by atoms with van der Waals surface area (Å²) >= 11 is 0. The summed E-state index contributed by atoms with van der Waals surface area (Å²) < 4.78 is 22.6. The Hall–Kier alpha value is -0.580. The molecule has 0 aliphatic carbocycles.